The summed E-state index contributed by atoms with van der Waals surface area (Å²) >= 11 is 1.47. The third-order valence-electron chi connectivity index (χ3n) is 2.82. The van der Waals surface area contributed by atoms with Gasteiger partial charge in [0.1, 0.15) is 0 Å². The van der Waals surface area contributed by atoms with E-state index >= 15 is 0 Å². The van der Waals surface area contributed by atoms with Crippen LogP contribution in [0.2, 0.25) is 0 Å². The number of rotatable bonds is 8. The number of aliphatic carboxylic acids is 1. The maximum absolute atomic E-state index is 11.3. The largest absolute Gasteiger partial charge is 0.481 e. The van der Waals surface area contributed by atoms with Crippen LogP contribution >= 0.6 is 11.3 Å². The smallest absolute Gasteiger partial charge is 0.309 e. The Hall–Kier alpha value is -1.40. The van der Waals surface area contributed by atoms with Crippen LogP contribution < -0.4 is 0 Å². The number of hydroxylamine groups is 2. The van der Waals surface area contributed by atoms with Crippen LogP contribution in [-0.4, -0.2) is 33.8 Å². The number of carbonyl (C=O) groups excluding carboxylic acids is 1. The van der Waals surface area contributed by atoms with E-state index in [0.717, 1.165) is 4.88 Å². The maximum Gasteiger partial charge on any atom is 0.309 e. The lowest BCUT2D eigenvalue weighted by atomic mass is 9.92. The standard InChI is InChI=1S/C12H17NO4S/c1-2-4-11(13(17)8-14)10(12(15)16)7-9-5-3-6-18-9/h3,5-6,8,10-11,17H,2,4,7H2,1H3,(H,15,16)/t10-,11+/m1/s1. The molecule has 1 rings (SSSR count). The molecule has 0 saturated heterocycles. The Morgan fingerprint density at radius 3 is 2.78 bits per heavy atom. The van der Waals surface area contributed by atoms with E-state index in [2.05, 4.69) is 0 Å². The molecule has 0 aliphatic carbocycles. The van der Waals surface area contributed by atoms with Crippen molar-refractivity contribution in [2.45, 2.75) is 32.2 Å². The van der Waals surface area contributed by atoms with E-state index in [1.54, 1.807) is 0 Å². The summed E-state index contributed by atoms with van der Waals surface area (Å²) in [6, 6.07) is 3.02. The van der Waals surface area contributed by atoms with Gasteiger partial charge in [-0.3, -0.25) is 14.8 Å². The fraction of sp³-hybridized carbons (Fsp3) is 0.500. The molecule has 1 aromatic rings. The van der Waals surface area contributed by atoms with Crippen molar-refractivity contribution < 1.29 is 19.9 Å². The van der Waals surface area contributed by atoms with Crippen LogP contribution in [-0.2, 0) is 16.0 Å². The molecule has 6 heteroatoms. The summed E-state index contributed by atoms with van der Waals surface area (Å²) in [4.78, 5) is 22.9. The average Bonchev–Trinajstić information content (AvgIpc) is 2.85. The van der Waals surface area contributed by atoms with Crippen LogP contribution in [0.1, 0.15) is 24.6 Å². The zero-order valence-corrected chi connectivity index (χ0v) is 11.0. The van der Waals surface area contributed by atoms with E-state index in [0.29, 0.717) is 24.3 Å². The van der Waals surface area contributed by atoms with Crippen molar-refractivity contribution in [3.05, 3.63) is 22.4 Å². The van der Waals surface area contributed by atoms with Gasteiger partial charge in [0.25, 0.3) is 0 Å². The van der Waals surface area contributed by atoms with Crippen LogP contribution in [0.5, 0.6) is 0 Å². The fourth-order valence-corrected chi connectivity index (χ4v) is 2.69. The van der Waals surface area contributed by atoms with Crippen molar-refractivity contribution in [3.8, 4) is 0 Å². The summed E-state index contributed by atoms with van der Waals surface area (Å²) in [6.07, 6.45) is 1.74. The molecule has 0 aliphatic heterocycles. The van der Waals surface area contributed by atoms with Crippen molar-refractivity contribution in [2.24, 2.45) is 5.92 Å². The molecule has 0 bridgehead atoms. The molecule has 100 valence electrons. The summed E-state index contributed by atoms with van der Waals surface area (Å²) in [5, 5.41) is 21.1. The van der Waals surface area contributed by atoms with Crippen LogP contribution in [0.15, 0.2) is 17.5 Å². The van der Waals surface area contributed by atoms with Gasteiger partial charge >= 0.3 is 5.97 Å². The van der Waals surface area contributed by atoms with Gasteiger partial charge in [-0.2, -0.15) is 0 Å². The molecule has 0 unspecified atom stereocenters. The second-order valence-electron chi connectivity index (χ2n) is 4.07. The first-order valence-corrected chi connectivity index (χ1v) is 6.65. The monoisotopic (exact) mass is 271 g/mol. The van der Waals surface area contributed by atoms with Gasteiger partial charge in [-0.25, -0.2) is 5.06 Å². The molecule has 0 radical (unpaired) electrons. The van der Waals surface area contributed by atoms with Gasteiger partial charge < -0.3 is 5.11 Å². The third-order valence-corrected chi connectivity index (χ3v) is 3.71. The molecule has 5 nitrogen and oxygen atoms in total. The number of hydrogen-bond donors (Lipinski definition) is 2. The summed E-state index contributed by atoms with van der Waals surface area (Å²) in [5.74, 6) is -1.79. The molecule has 18 heavy (non-hydrogen) atoms. The van der Waals surface area contributed by atoms with Gasteiger partial charge in [0.15, 0.2) is 0 Å². The van der Waals surface area contributed by atoms with Crippen LogP contribution in [0.3, 0.4) is 0 Å². The Kier molecular flexibility index (Phi) is 5.80. The summed E-state index contributed by atoms with van der Waals surface area (Å²) < 4.78 is 0. The quantitative estimate of drug-likeness (QED) is 0.431. The fourth-order valence-electron chi connectivity index (χ4n) is 1.93. The highest BCUT2D eigenvalue weighted by atomic mass is 32.1. The van der Waals surface area contributed by atoms with Crippen LogP contribution in [0, 0.1) is 5.92 Å². The van der Waals surface area contributed by atoms with E-state index in [4.69, 9.17) is 0 Å². The van der Waals surface area contributed by atoms with Crippen molar-refractivity contribution in [3.63, 3.8) is 0 Å². The lowest BCUT2D eigenvalue weighted by molar-refractivity contribution is -0.172. The number of thiophene rings is 1. The van der Waals surface area contributed by atoms with Crippen LogP contribution in [0.4, 0.5) is 0 Å². The van der Waals surface area contributed by atoms with E-state index in [1.165, 1.54) is 11.3 Å². The van der Waals surface area contributed by atoms with Crippen molar-refractivity contribution in [1.82, 2.24) is 5.06 Å². The summed E-state index contributed by atoms with van der Waals surface area (Å²) in [5.41, 5.74) is 0. The topological polar surface area (TPSA) is 77.8 Å². The highest BCUT2D eigenvalue weighted by molar-refractivity contribution is 7.09. The second kappa shape index (κ2) is 7.13. The summed E-state index contributed by atoms with van der Waals surface area (Å²) in [6.45, 7) is 1.88. The summed E-state index contributed by atoms with van der Waals surface area (Å²) in [7, 11) is 0. The van der Waals surface area contributed by atoms with Gasteiger partial charge in [0, 0.05) is 4.88 Å². The maximum atomic E-state index is 11.3. The molecule has 2 N–H and O–H groups in total. The molecule has 2 atom stereocenters. The first kappa shape index (κ1) is 14.7. The Bertz CT molecular complexity index is 379. The highest BCUT2D eigenvalue weighted by Crippen LogP contribution is 2.22. The Labute approximate surface area is 110 Å². The Morgan fingerprint density at radius 2 is 2.33 bits per heavy atom. The average molecular weight is 271 g/mol. The number of carboxylic acid groups (broad SMARTS) is 1. The van der Waals surface area contributed by atoms with E-state index in [-0.39, 0.29) is 6.41 Å². The SMILES string of the molecule is CCC[C@@H]([C@@H](Cc1cccs1)C(=O)O)N(O)C=O. The van der Waals surface area contributed by atoms with Gasteiger partial charge in [-0.15, -0.1) is 11.3 Å². The molecule has 0 aliphatic rings. The van der Waals surface area contributed by atoms with Crippen molar-refractivity contribution >= 4 is 23.7 Å². The first-order chi connectivity index (χ1) is 8.60. The molecule has 1 heterocycles. The molecule has 0 fully saturated rings. The minimum Gasteiger partial charge on any atom is -0.481 e. The van der Waals surface area contributed by atoms with E-state index in [9.17, 15) is 19.9 Å². The minimum absolute atomic E-state index is 0.269. The van der Waals surface area contributed by atoms with Crippen molar-refractivity contribution in [2.75, 3.05) is 0 Å². The zero-order chi connectivity index (χ0) is 13.5. The minimum atomic E-state index is -0.997. The molecular formula is C12H17NO4S. The van der Waals surface area contributed by atoms with E-state index < -0.39 is 17.9 Å². The molecule has 0 spiro atoms. The number of carboxylic acids is 1. The normalized spacial score (nSPS) is 13.9. The second-order valence-corrected chi connectivity index (χ2v) is 5.10. The van der Waals surface area contributed by atoms with Gasteiger partial charge in [0.2, 0.25) is 6.41 Å². The van der Waals surface area contributed by atoms with Crippen LogP contribution in [0.25, 0.3) is 0 Å². The lowest BCUT2D eigenvalue weighted by Crippen LogP contribution is -2.42. The predicted octanol–water partition coefficient (Wildman–Crippen LogP) is 2.01. The highest BCUT2D eigenvalue weighted by Gasteiger charge is 2.31. The lowest BCUT2D eigenvalue weighted by Gasteiger charge is -2.27. The third kappa shape index (κ3) is 3.82. The number of carbonyl (C=O) groups is 2. The van der Waals surface area contributed by atoms with E-state index in [1.807, 2.05) is 24.4 Å². The van der Waals surface area contributed by atoms with Gasteiger partial charge in [0.05, 0.1) is 12.0 Å². The Balaban J connectivity index is 2.85. The molecule has 1 aromatic heterocycles. The van der Waals surface area contributed by atoms with Gasteiger partial charge in [-0.05, 0) is 24.3 Å². The molecule has 0 saturated carbocycles. The Morgan fingerprint density at radius 1 is 1.61 bits per heavy atom. The molecule has 0 aromatic carbocycles. The zero-order valence-electron chi connectivity index (χ0n) is 10.2. The number of nitrogens with zero attached hydrogens (tertiary/aromatic N) is 1. The van der Waals surface area contributed by atoms with Gasteiger partial charge in [-0.1, -0.05) is 19.4 Å². The number of hydrogen-bond acceptors (Lipinski definition) is 4. The predicted molar refractivity (Wildman–Crippen MR) is 67.5 cm³/mol. The number of amides is 1. The van der Waals surface area contributed by atoms with Crippen molar-refractivity contribution in [1.29, 1.82) is 0 Å². The first-order valence-electron chi connectivity index (χ1n) is 5.77. The molecular weight excluding hydrogens is 254 g/mol. The molecule has 1 amide bonds.